The zero-order chi connectivity index (χ0) is 27.2. The molecule has 5 rings (SSSR count). The maximum absolute atomic E-state index is 13.3. The summed E-state index contributed by atoms with van der Waals surface area (Å²) < 4.78 is 47.8. The van der Waals surface area contributed by atoms with Crippen molar-refractivity contribution < 1.29 is 17.9 Å². The fourth-order valence-corrected chi connectivity index (χ4v) is 4.08. The van der Waals surface area contributed by atoms with E-state index in [0.29, 0.717) is 29.4 Å². The van der Waals surface area contributed by atoms with E-state index in [-0.39, 0.29) is 23.8 Å². The zero-order valence-electron chi connectivity index (χ0n) is 20.4. The fraction of sp³-hybridized carbons (Fsp3) is 0.333. The second-order valence-corrected chi connectivity index (χ2v) is 8.89. The van der Waals surface area contributed by atoms with E-state index in [2.05, 4.69) is 31.8 Å². The van der Waals surface area contributed by atoms with Crippen molar-refractivity contribution in [1.29, 1.82) is 0 Å². The van der Waals surface area contributed by atoms with Crippen LogP contribution in [-0.4, -0.2) is 46.3 Å². The highest BCUT2D eigenvalue weighted by Crippen LogP contribution is 2.27. The highest BCUT2D eigenvalue weighted by Gasteiger charge is 2.34. The number of nitrogens with one attached hydrogen (secondary N) is 1. The molecule has 14 heteroatoms. The lowest BCUT2D eigenvalue weighted by molar-refractivity contribution is -0.144. The van der Waals surface area contributed by atoms with E-state index in [4.69, 9.17) is 4.74 Å². The van der Waals surface area contributed by atoms with Crippen molar-refractivity contribution in [1.82, 2.24) is 33.6 Å². The van der Waals surface area contributed by atoms with Crippen LogP contribution in [0.25, 0.3) is 22.4 Å². The standard InChI is InChI=1S/C24H23F3N8O3/c1-13(31-18-6-4-5-17(32-18)15-9-28-22(29-10-15)24(25,26)27)14(2)35-12-30-20-19(35)21(36)34(23(37)33(20)3)11-16-7-8-38-16/h4-6,9-10,12,14,16H,1,7-8,11H2,2-3H3,(H,31,32)/t14-,16?/m0/s1. The predicted molar refractivity (Wildman–Crippen MR) is 131 cm³/mol. The number of alkyl halides is 3. The monoisotopic (exact) mass is 528 g/mol. The maximum atomic E-state index is 13.3. The SMILES string of the molecule is C=C(Nc1cccc(-c2cnc(C(F)(F)F)nc2)n1)[C@H](C)n1cnc2c1c(=O)n(CC1CCO1)c(=O)n2C. The number of imidazole rings is 1. The molecule has 1 fully saturated rings. The number of halogens is 3. The van der Waals surface area contributed by atoms with Crippen LogP contribution < -0.4 is 16.6 Å². The summed E-state index contributed by atoms with van der Waals surface area (Å²) in [4.78, 5) is 41.5. The van der Waals surface area contributed by atoms with Crippen molar-refractivity contribution in [2.75, 3.05) is 11.9 Å². The predicted octanol–water partition coefficient (Wildman–Crippen LogP) is 2.74. The molecule has 0 radical (unpaired) electrons. The molecule has 1 aliphatic rings. The van der Waals surface area contributed by atoms with Gasteiger partial charge in [0.2, 0.25) is 5.82 Å². The van der Waals surface area contributed by atoms with Crippen LogP contribution in [-0.2, 0) is 24.5 Å². The van der Waals surface area contributed by atoms with E-state index in [1.807, 2.05) is 0 Å². The fourth-order valence-electron chi connectivity index (χ4n) is 4.08. The molecule has 0 bridgehead atoms. The lowest BCUT2D eigenvalue weighted by Gasteiger charge is -2.26. The molecule has 0 aliphatic carbocycles. The van der Waals surface area contributed by atoms with Gasteiger partial charge in [0, 0.05) is 37.3 Å². The number of ether oxygens (including phenoxy) is 1. The summed E-state index contributed by atoms with van der Waals surface area (Å²) in [5.74, 6) is -0.863. The van der Waals surface area contributed by atoms with Crippen LogP contribution in [0.1, 0.15) is 25.2 Å². The summed E-state index contributed by atoms with van der Waals surface area (Å²) >= 11 is 0. The Kier molecular flexibility index (Phi) is 6.34. The number of aryl methyl sites for hydroxylation is 1. The smallest absolute Gasteiger partial charge is 0.376 e. The Bertz CT molecular complexity index is 1640. The number of fused-ring (bicyclic) bond motifs is 1. The summed E-state index contributed by atoms with van der Waals surface area (Å²) in [6, 6.07) is 4.46. The minimum atomic E-state index is -4.64. The number of nitrogens with zero attached hydrogens (tertiary/aromatic N) is 7. The van der Waals surface area contributed by atoms with E-state index in [9.17, 15) is 22.8 Å². The van der Waals surface area contributed by atoms with Crippen molar-refractivity contribution in [3.63, 3.8) is 0 Å². The molecule has 0 aromatic carbocycles. The first-order valence-corrected chi connectivity index (χ1v) is 11.6. The minimum Gasteiger partial charge on any atom is -0.376 e. The third-order valence-corrected chi connectivity index (χ3v) is 6.40. The van der Waals surface area contributed by atoms with Gasteiger partial charge in [0.05, 0.1) is 30.7 Å². The van der Waals surface area contributed by atoms with Gasteiger partial charge in [0.15, 0.2) is 11.2 Å². The first-order valence-electron chi connectivity index (χ1n) is 11.6. The average Bonchev–Trinajstić information content (AvgIpc) is 3.31. The second-order valence-electron chi connectivity index (χ2n) is 8.89. The van der Waals surface area contributed by atoms with Gasteiger partial charge in [-0.05, 0) is 25.5 Å². The van der Waals surface area contributed by atoms with Crippen LogP contribution in [0.2, 0.25) is 0 Å². The van der Waals surface area contributed by atoms with Gasteiger partial charge in [-0.1, -0.05) is 12.6 Å². The highest BCUT2D eigenvalue weighted by atomic mass is 19.4. The zero-order valence-corrected chi connectivity index (χ0v) is 20.4. The number of rotatable bonds is 7. The van der Waals surface area contributed by atoms with Crippen LogP contribution in [0, 0.1) is 0 Å². The van der Waals surface area contributed by atoms with Gasteiger partial charge in [0.25, 0.3) is 5.56 Å². The first-order chi connectivity index (χ1) is 18.0. The maximum Gasteiger partial charge on any atom is 0.451 e. The Balaban J connectivity index is 1.41. The third kappa shape index (κ3) is 4.58. The van der Waals surface area contributed by atoms with Crippen molar-refractivity contribution in [3.8, 4) is 11.3 Å². The molecular formula is C24H23F3N8O3. The lowest BCUT2D eigenvalue weighted by atomic mass is 10.2. The number of anilines is 1. The van der Waals surface area contributed by atoms with Gasteiger partial charge in [-0.15, -0.1) is 0 Å². The molecule has 1 unspecified atom stereocenters. The van der Waals surface area contributed by atoms with Crippen LogP contribution in [0.15, 0.2) is 58.8 Å². The van der Waals surface area contributed by atoms with E-state index in [1.165, 1.54) is 10.9 Å². The number of aromatic nitrogens is 7. The van der Waals surface area contributed by atoms with E-state index in [0.717, 1.165) is 23.4 Å². The molecule has 38 heavy (non-hydrogen) atoms. The summed E-state index contributed by atoms with van der Waals surface area (Å²) in [7, 11) is 1.55. The number of allylic oxidation sites excluding steroid dienone is 1. The molecule has 11 nitrogen and oxygen atoms in total. The summed E-state index contributed by atoms with van der Waals surface area (Å²) in [6.45, 7) is 6.63. The Hall–Kier alpha value is -4.33. The molecule has 5 heterocycles. The third-order valence-electron chi connectivity index (χ3n) is 6.40. The summed E-state index contributed by atoms with van der Waals surface area (Å²) in [5, 5.41) is 3.08. The lowest BCUT2D eigenvalue weighted by Crippen LogP contribution is -2.45. The van der Waals surface area contributed by atoms with E-state index < -0.39 is 29.3 Å². The molecule has 1 aliphatic heterocycles. The molecule has 2 atom stereocenters. The first kappa shape index (κ1) is 25.3. The number of pyridine rings is 1. The van der Waals surface area contributed by atoms with Crippen LogP contribution in [0.4, 0.5) is 19.0 Å². The van der Waals surface area contributed by atoms with Crippen molar-refractivity contribution in [2.24, 2.45) is 7.05 Å². The Morgan fingerprint density at radius 2 is 1.95 bits per heavy atom. The van der Waals surface area contributed by atoms with Crippen molar-refractivity contribution >= 4 is 17.0 Å². The second kappa shape index (κ2) is 9.52. The van der Waals surface area contributed by atoms with Crippen molar-refractivity contribution in [2.45, 2.75) is 38.2 Å². The van der Waals surface area contributed by atoms with Gasteiger partial charge in [-0.2, -0.15) is 13.2 Å². The van der Waals surface area contributed by atoms with E-state index in [1.54, 1.807) is 36.7 Å². The van der Waals surface area contributed by atoms with Crippen LogP contribution >= 0.6 is 0 Å². The summed E-state index contributed by atoms with van der Waals surface area (Å²) in [6.07, 6.45) is -0.467. The van der Waals surface area contributed by atoms with Gasteiger partial charge < -0.3 is 14.6 Å². The Morgan fingerprint density at radius 1 is 1.24 bits per heavy atom. The molecule has 0 spiro atoms. The molecule has 1 saturated heterocycles. The Labute approximate surface area is 213 Å². The number of hydrogen-bond acceptors (Lipinski definition) is 8. The van der Waals surface area contributed by atoms with Gasteiger partial charge in [-0.25, -0.2) is 24.7 Å². The molecule has 4 aromatic rings. The van der Waals surface area contributed by atoms with Gasteiger partial charge >= 0.3 is 11.9 Å². The molecular weight excluding hydrogens is 505 g/mol. The van der Waals surface area contributed by atoms with Crippen LogP contribution in [0.5, 0.6) is 0 Å². The van der Waals surface area contributed by atoms with E-state index >= 15 is 0 Å². The van der Waals surface area contributed by atoms with Crippen LogP contribution in [0.3, 0.4) is 0 Å². The van der Waals surface area contributed by atoms with Crippen molar-refractivity contribution in [3.05, 3.63) is 75.9 Å². The molecule has 0 amide bonds. The molecule has 198 valence electrons. The average molecular weight is 528 g/mol. The quantitative estimate of drug-likeness (QED) is 0.389. The molecule has 4 aromatic heterocycles. The highest BCUT2D eigenvalue weighted by molar-refractivity contribution is 5.70. The Morgan fingerprint density at radius 3 is 2.58 bits per heavy atom. The normalized spacial score (nSPS) is 16.3. The topological polar surface area (TPSA) is 122 Å². The number of hydrogen-bond donors (Lipinski definition) is 1. The largest absolute Gasteiger partial charge is 0.451 e. The van der Waals surface area contributed by atoms with Gasteiger partial charge in [0.1, 0.15) is 5.82 Å². The van der Waals surface area contributed by atoms with Gasteiger partial charge in [-0.3, -0.25) is 13.9 Å². The molecule has 1 N–H and O–H groups in total. The minimum absolute atomic E-state index is 0.157. The molecule has 0 saturated carbocycles. The summed E-state index contributed by atoms with van der Waals surface area (Å²) in [5.41, 5.74) is 0.656.